The molecule has 0 radical (unpaired) electrons. The predicted octanol–water partition coefficient (Wildman–Crippen LogP) is 3.31. The Kier molecular flexibility index (Phi) is 10.5. The van der Waals surface area contributed by atoms with E-state index in [0.717, 1.165) is 62.3 Å². The van der Waals surface area contributed by atoms with Gasteiger partial charge in [0.2, 0.25) is 29.5 Å². The van der Waals surface area contributed by atoms with Gasteiger partial charge >= 0.3 is 5.69 Å². The van der Waals surface area contributed by atoms with E-state index in [1.807, 2.05) is 6.92 Å². The summed E-state index contributed by atoms with van der Waals surface area (Å²) >= 11 is 1.47. The van der Waals surface area contributed by atoms with Gasteiger partial charge in [0.1, 0.15) is 40.7 Å². The summed E-state index contributed by atoms with van der Waals surface area (Å²) < 4.78 is 20.8. The number of imide groups is 1. The van der Waals surface area contributed by atoms with E-state index in [2.05, 4.69) is 38.3 Å². The number of fused-ring (bicyclic) bond motifs is 2. The van der Waals surface area contributed by atoms with Crippen molar-refractivity contribution < 1.29 is 23.6 Å². The van der Waals surface area contributed by atoms with Gasteiger partial charge in [-0.3, -0.25) is 28.9 Å². The number of rotatable bonds is 11. The first-order chi connectivity index (χ1) is 27.6. The molecule has 298 valence electrons. The second-order valence-electron chi connectivity index (χ2n) is 15.1. The van der Waals surface area contributed by atoms with Crippen molar-refractivity contribution in [3.05, 3.63) is 62.8 Å². The highest BCUT2D eigenvalue weighted by molar-refractivity contribution is 7.16. The molecule has 2 aliphatic heterocycles. The fourth-order valence-electron chi connectivity index (χ4n) is 8.48. The molecule has 3 N–H and O–H groups in total. The average Bonchev–Trinajstić information content (AvgIpc) is 3.86. The van der Waals surface area contributed by atoms with Gasteiger partial charge in [0.05, 0.1) is 29.7 Å². The van der Waals surface area contributed by atoms with Gasteiger partial charge in [-0.2, -0.15) is 10.2 Å². The first-order valence-corrected chi connectivity index (χ1v) is 20.1. The van der Waals surface area contributed by atoms with E-state index in [1.54, 1.807) is 37.5 Å². The Labute approximate surface area is 332 Å². The molecule has 2 saturated heterocycles. The number of thiophene rings is 1. The minimum absolute atomic E-state index is 0.125. The van der Waals surface area contributed by atoms with Crippen LogP contribution in [-0.2, 0) is 33.2 Å². The first-order valence-electron chi connectivity index (χ1n) is 19.3. The van der Waals surface area contributed by atoms with Crippen LogP contribution in [0.5, 0.6) is 5.75 Å². The Morgan fingerprint density at radius 3 is 2.81 bits per heavy atom. The number of hydrogen-bond donors (Lipinski definition) is 2. The third-order valence-electron chi connectivity index (χ3n) is 11.3. The van der Waals surface area contributed by atoms with E-state index < -0.39 is 17.4 Å². The van der Waals surface area contributed by atoms with Crippen molar-refractivity contribution in [2.45, 2.75) is 69.9 Å². The number of nitrogens with two attached hydrogens (primary N) is 1. The molecule has 2 amide bonds. The maximum atomic E-state index is 13.2. The zero-order valence-electron chi connectivity index (χ0n) is 32.2. The summed E-state index contributed by atoms with van der Waals surface area (Å²) in [5.74, 6) is 1.14. The SMILES string of the molecule is C[C@H]1CN(CCOCCOc2cccc3c2n(C)c(=O)n3C2CCC(=O)NC2=O)CCCN1c1nccc(-c2noc([C@@]3(C)CCCc4sc(N)c(C#N)c43)n2)n1. The molecule has 3 atom stereocenters. The van der Waals surface area contributed by atoms with E-state index in [-0.39, 0.29) is 37.1 Å². The van der Waals surface area contributed by atoms with E-state index in [1.165, 1.54) is 20.5 Å². The zero-order valence-corrected chi connectivity index (χ0v) is 33.0. The third kappa shape index (κ3) is 7.15. The summed E-state index contributed by atoms with van der Waals surface area (Å²) in [4.78, 5) is 57.5. The summed E-state index contributed by atoms with van der Waals surface area (Å²) in [7, 11) is 1.65. The van der Waals surface area contributed by atoms with Crippen molar-refractivity contribution in [2.75, 3.05) is 56.6 Å². The smallest absolute Gasteiger partial charge is 0.329 e. The molecule has 1 aromatic carbocycles. The van der Waals surface area contributed by atoms with E-state index >= 15 is 0 Å². The Morgan fingerprint density at radius 1 is 1.12 bits per heavy atom. The van der Waals surface area contributed by atoms with Crippen LogP contribution in [0.1, 0.15) is 73.9 Å². The molecule has 17 nitrogen and oxygen atoms in total. The molecule has 1 unspecified atom stereocenters. The van der Waals surface area contributed by atoms with E-state index in [9.17, 15) is 19.6 Å². The molecule has 1 aliphatic carbocycles. The van der Waals surface area contributed by atoms with Crippen molar-refractivity contribution in [1.82, 2.24) is 39.5 Å². The monoisotopic (exact) mass is 795 g/mol. The molecule has 2 fully saturated rings. The van der Waals surface area contributed by atoms with Crippen molar-refractivity contribution >= 4 is 45.1 Å². The summed E-state index contributed by atoms with van der Waals surface area (Å²) in [6, 6.07) is 8.80. The fraction of sp³-hybridized carbons (Fsp3) is 0.487. The highest BCUT2D eigenvalue weighted by Crippen LogP contribution is 2.48. The van der Waals surface area contributed by atoms with E-state index in [0.29, 0.717) is 63.9 Å². The van der Waals surface area contributed by atoms with Gasteiger partial charge in [-0.05, 0) is 70.7 Å². The van der Waals surface area contributed by atoms with Gasteiger partial charge in [-0.1, -0.05) is 11.2 Å². The summed E-state index contributed by atoms with van der Waals surface area (Å²) in [6.07, 6.45) is 5.66. The molecule has 57 heavy (non-hydrogen) atoms. The quantitative estimate of drug-likeness (QED) is 0.145. The van der Waals surface area contributed by atoms with Crippen LogP contribution in [0.3, 0.4) is 0 Å². The number of nitriles is 1. The lowest BCUT2D eigenvalue weighted by molar-refractivity contribution is -0.135. The van der Waals surface area contributed by atoms with Crippen molar-refractivity contribution in [3.63, 3.8) is 0 Å². The normalized spacial score (nSPS) is 21.6. The van der Waals surface area contributed by atoms with Crippen molar-refractivity contribution in [1.29, 1.82) is 5.26 Å². The van der Waals surface area contributed by atoms with Gasteiger partial charge in [0, 0.05) is 55.8 Å². The Bertz CT molecular complexity index is 2430. The number of carbonyl (C=O) groups is 2. The third-order valence-corrected chi connectivity index (χ3v) is 12.4. The largest absolute Gasteiger partial charge is 0.489 e. The van der Waals surface area contributed by atoms with Crippen LogP contribution in [0.25, 0.3) is 22.6 Å². The topological polar surface area (TPSA) is 213 Å². The molecule has 0 spiro atoms. The maximum Gasteiger partial charge on any atom is 0.329 e. The lowest BCUT2D eigenvalue weighted by atomic mass is 9.72. The number of hydrogen-bond acceptors (Lipinski definition) is 15. The molecule has 0 saturated carbocycles. The molecule has 3 aliphatic rings. The van der Waals surface area contributed by atoms with E-state index in [4.69, 9.17) is 29.7 Å². The van der Waals surface area contributed by atoms with Gasteiger partial charge in [-0.15, -0.1) is 11.3 Å². The fourth-order valence-corrected chi connectivity index (χ4v) is 9.67. The minimum Gasteiger partial charge on any atom is -0.489 e. The lowest BCUT2D eigenvalue weighted by Gasteiger charge is -2.30. The van der Waals surface area contributed by atoms with Crippen molar-refractivity contribution in [2.24, 2.45) is 7.05 Å². The molecule has 0 bridgehead atoms. The van der Waals surface area contributed by atoms with Gasteiger partial charge < -0.3 is 24.6 Å². The molecule has 5 aromatic rings. The van der Waals surface area contributed by atoms with Crippen LogP contribution < -0.4 is 26.4 Å². The lowest BCUT2D eigenvalue weighted by Crippen LogP contribution is -2.44. The average molecular weight is 796 g/mol. The van der Waals surface area contributed by atoms with Crippen LogP contribution in [0.4, 0.5) is 10.9 Å². The molecule has 18 heteroatoms. The zero-order chi connectivity index (χ0) is 39.8. The molecular weight excluding hydrogens is 751 g/mol. The number of anilines is 2. The minimum atomic E-state index is -0.762. The second-order valence-corrected chi connectivity index (χ2v) is 16.2. The predicted molar refractivity (Wildman–Crippen MR) is 211 cm³/mol. The number of ether oxygens (including phenoxy) is 2. The van der Waals surface area contributed by atoms with Gasteiger partial charge in [0.15, 0.2) is 0 Å². The molecule has 8 rings (SSSR count). The van der Waals surface area contributed by atoms with Crippen LogP contribution in [0.15, 0.2) is 39.8 Å². The summed E-state index contributed by atoms with van der Waals surface area (Å²) in [5, 5.41) is 17.1. The number of imidazole rings is 1. The molecule has 4 aromatic heterocycles. The Balaban J connectivity index is 0.851. The number of piperidine rings is 1. The van der Waals surface area contributed by atoms with Gasteiger partial charge in [0.25, 0.3) is 0 Å². The maximum absolute atomic E-state index is 13.2. The first kappa shape index (κ1) is 38.2. The highest BCUT2D eigenvalue weighted by Gasteiger charge is 2.43. The standard InChI is InChI=1S/C39H45N11O6S/c1-23-22-48(17-18-54-19-20-55-28-8-4-7-26-32(28)47(3)38(53)50(26)27-10-11-30(51)44-35(27)52)15-6-16-49(23)37-42-14-12-25(43-37)34-45-36(56-46-34)39(2)13-5-9-29-31(39)24(21-40)33(41)57-29/h4,7-8,12,14,23,27H,5-6,9-11,13,15-20,22,41H2,1-3H3,(H,44,51,52)/t23-,27?,39-/m0/s1. The van der Waals surface area contributed by atoms with Crippen LogP contribution >= 0.6 is 11.3 Å². The summed E-state index contributed by atoms with van der Waals surface area (Å²) in [6.45, 7) is 8.58. The van der Waals surface area contributed by atoms with Gasteiger partial charge in [-0.25, -0.2) is 14.8 Å². The highest BCUT2D eigenvalue weighted by atomic mass is 32.1. The number of carbonyl (C=O) groups excluding carboxylic acids is 2. The number of nitrogen functional groups attached to an aromatic ring is 1. The number of nitrogens with zero attached hydrogens (tertiary/aromatic N) is 9. The number of aromatic nitrogens is 6. The van der Waals surface area contributed by atoms with Crippen LogP contribution in [-0.4, -0.2) is 98.0 Å². The number of aryl methyl sites for hydroxylation is 2. The number of benzene rings is 1. The number of para-hydroxylation sites is 1. The van der Waals surface area contributed by atoms with Crippen molar-refractivity contribution in [3.8, 4) is 23.3 Å². The van der Waals surface area contributed by atoms with Crippen LogP contribution in [0, 0.1) is 11.3 Å². The number of amides is 2. The molecular formula is C39H45N11O6S. The number of nitrogens with one attached hydrogen (secondary N) is 1. The van der Waals surface area contributed by atoms with Crippen LogP contribution in [0.2, 0.25) is 0 Å². The Hall–Kier alpha value is -5.64. The Morgan fingerprint density at radius 2 is 1.98 bits per heavy atom. The second kappa shape index (κ2) is 15.7. The summed E-state index contributed by atoms with van der Waals surface area (Å²) in [5.41, 5.74) is 8.39. The molecule has 6 heterocycles.